The topological polar surface area (TPSA) is 112 Å². The van der Waals surface area contributed by atoms with E-state index in [9.17, 15) is 4.79 Å². The molecule has 29 heavy (non-hydrogen) atoms. The summed E-state index contributed by atoms with van der Waals surface area (Å²) in [6, 6.07) is 3.97. The molecule has 0 saturated heterocycles. The maximum Gasteiger partial charge on any atom is 0.254 e. The molecule has 4 rings (SSSR count). The SMILES string of the molecule is Cc1cc2c(N)nccc2c(C)c1CNC(=O)c1cnn(Cc2cncnc2)c1. The Morgan fingerprint density at radius 1 is 1.17 bits per heavy atom. The number of nitrogens with two attached hydrogens (primary N) is 1. The molecule has 0 atom stereocenters. The van der Waals surface area contributed by atoms with E-state index in [2.05, 4.69) is 25.4 Å². The minimum absolute atomic E-state index is 0.172. The van der Waals surface area contributed by atoms with Gasteiger partial charge in [0.1, 0.15) is 12.1 Å². The van der Waals surface area contributed by atoms with Crippen LogP contribution in [0.3, 0.4) is 0 Å². The third kappa shape index (κ3) is 3.77. The molecule has 0 unspecified atom stereocenters. The van der Waals surface area contributed by atoms with Gasteiger partial charge in [-0.25, -0.2) is 15.0 Å². The number of carbonyl (C=O) groups is 1. The van der Waals surface area contributed by atoms with Gasteiger partial charge in [0.25, 0.3) is 5.91 Å². The van der Waals surface area contributed by atoms with Gasteiger partial charge >= 0.3 is 0 Å². The second-order valence-electron chi connectivity index (χ2n) is 6.94. The van der Waals surface area contributed by atoms with Crippen LogP contribution in [0.2, 0.25) is 0 Å². The number of nitrogen functional groups attached to an aromatic ring is 1. The zero-order valence-electron chi connectivity index (χ0n) is 16.3. The molecule has 1 aromatic carbocycles. The third-order valence-electron chi connectivity index (χ3n) is 4.99. The number of pyridine rings is 1. The van der Waals surface area contributed by atoms with Crippen LogP contribution >= 0.6 is 0 Å². The first-order valence-corrected chi connectivity index (χ1v) is 9.20. The predicted molar refractivity (Wildman–Crippen MR) is 110 cm³/mol. The molecule has 3 N–H and O–H groups in total. The van der Waals surface area contributed by atoms with E-state index in [1.54, 1.807) is 35.7 Å². The first-order valence-electron chi connectivity index (χ1n) is 9.20. The monoisotopic (exact) mass is 387 g/mol. The summed E-state index contributed by atoms with van der Waals surface area (Å²) in [5.74, 6) is 0.342. The van der Waals surface area contributed by atoms with Crippen molar-refractivity contribution in [2.45, 2.75) is 26.9 Å². The van der Waals surface area contributed by atoms with Gasteiger partial charge in [-0.1, -0.05) is 0 Å². The molecule has 8 heteroatoms. The number of aromatic nitrogens is 5. The first-order chi connectivity index (χ1) is 14.0. The summed E-state index contributed by atoms with van der Waals surface area (Å²) >= 11 is 0. The largest absolute Gasteiger partial charge is 0.383 e. The van der Waals surface area contributed by atoms with Crippen LogP contribution in [0.25, 0.3) is 10.8 Å². The summed E-state index contributed by atoms with van der Waals surface area (Å²) in [6.07, 6.45) is 9.91. The van der Waals surface area contributed by atoms with E-state index in [0.717, 1.165) is 33.0 Å². The first kappa shape index (κ1) is 18.5. The van der Waals surface area contributed by atoms with Crippen LogP contribution in [0, 0.1) is 13.8 Å². The van der Waals surface area contributed by atoms with E-state index in [4.69, 9.17) is 5.73 Å². The number of aryl methyl sites for hydroxylation is 2. The number of benzene rings is 1. The highest BCUT2D eigenvalue weighted by Crippen LogP contribution is 2.27. The van der Waals surface area contributed by atoms with Crippen LogP contribution < -0.4 is 11.1 Å². The lowest BCUT2D eigenvalue weighted by atomic mass is 9.96. The highest BCUT2D eigenvalue weighted by molar-refractivity contribution is 5.95. The van der Waals surface area contributed by atoms with Crippen LogP contribution in [0.4, 0.5) is 5.82 Å². The lowest BCUT2D eigenvalue weighted by molar-refractivity contribution is 0.0950. The highest BCUT2D eigenvalue weighted by atomic mass is 16.1. The molecule has 0 aliphatic heterocycles. The molecule has 0 saturated carbocycles. The zero-order chi connectivity index (χ0) is 20.4. The Hall–Kier alpha value is -3.81. The van der Waals surface area contributed by atoms with E-state index in [1.807, 2.05) is 26.0 Å². The third-order valence-corrected chi connectivity index (χ3v) is 4.99. The number of carbonyl (C=O) groups excluding carboxylic acids is 1. The number of hydrogen-bond donors (Lipinski definition) is 2. The smallest absolute Gasteiger partial charge is 0.254 e. The maximum atomic E-state index is 12.6. The fourth-order valence-electron chi connectivity index (χ4n) is 3.44. The summed E-state index contributed by atoms with van der Waals surface area (Å²) in [7, 11) is 0. The molecule has 1 amide bonds. The molecule has 3 heterocycles. The van der Waals surface area contributed by atoms with Crippen molar-refractivity contribution in [3.63, 3.8) is 0 Å². The van der Waals surface area contributed by atoms with Crippen molar-refractivity contribution >= 4 is 22.5 Å². The van der Waals surface area contributed by atoms with E-state index in [1.165, 1.54) is 6.33 Å². The average molecular weight is 387 g/mol. The van der Waals surface area contributed by atoms with Gasteiger partial charge in [-0.3, -0.25) is 9.48 Å². The van der Waals surface area contributed by atoms with E-state index < -0.39 is 0 Å². The fraction of sp³-hybridized carbons (Fsp3) is 0.190. The molecular weight excluding hydrogens is 366 g/mol. The Morgan fingerprint density at radius 2 is 1.97 bits per heavy atom. The Labute approximate surface area is 167 Å². The van der Waals surface area contributed by atoms with Crippen molar-refractivity contribution in [3.05, 3.63) is 77.3 Å². The molecule has 3 aromatic heterocycles. The number of nitrogens with zero attached hydrogens (tertiary/aromatic N) is 5. The van der Waals surface area contributed by atoms with Crippen molar-refractivity contribution < 1.29 is 4.79 Å². The van der Waals surface area contributed by atoms with Gasteiger partial charge in [-0.05, 0) is 48.1 Å². The molecule has 8 nitrogen and oxygen atoms in total. The summed E-state index contributed by atoms with van der Waals surface area (Å²) in [5.41, 5.74) is 10.7. The van der Waals surface area contributed by atoms with E-state index >= 15 is 0 Å². The average Bonchev–Trinajstić information content (AvgIpc) is 3.18. The standard InChI is InChI=1S/C21H21N7O/c1-13-5-18-17(3-4-25-20(18)22)14(2)19(13)9-26-21(29)16-8-27-28(11-16)10-15-6-23-12-24-7-15/h3-8,11-12H,9-10H2,1-2H3,(H2,22,25)(H,26,29). The number of hydrogen-bond acceptors (Lipinski definition) is 6. The van der Waals surface area contributed by atoms with Gasteiger partial charge in [0.15, 0.2) is 0 Å². The van der Waals surface area contributed by atoms with E-state index in [0.29, 0.717) is 24.5 Å². The van der Waals surface area contributed by atoms with Crippen LogP contribution in [0.5, 0.6) is 0 Å². The number of nitrogens with one attached hydrogen (secondary N) is 1. The lowest BCUT2D eigenvalue weighted by Crippen LogP contribution is -2.23. The zero-order valence-corrected chi connectivity index (χ0v) is 16.3. The molecule has 0 fully saturated rings. The Kier molecular flexibility index (Phi) is 4.90. The van der Waals surface area contributed by atoms with Crippen molar-refractivity contribution in [1.82, 2.24) is 30.0 Å². The number of fused-ring (bicyclic) bond motifs is 1. The van der Waals surface area contributed by atoms with Gasteiger partial charge in [0.2, 0.25) is 0 Å². The van der Waals surface area contributed by atoms with Gasteiger partial charge < -0.3 is 11.1 Å². The second-order valence-corrected chi connectivity index (χ2v) is 6.94. The molecule has 146 valence electrons. The summed E-state index contributed by atoms with van der Waals surface area (Å²) < 4.78 is 1.69. The van der Waals surface area contributed by atoms with Crippen molar-refractivity contribution in [3.8, 4) is 0 Å². The quantitative estimate of drug-likeness (QED) is 0.544. The molecule has 0 spiro atoms. The second kappa shape index (κ2) is 7.67. The van der Waals surface area contributed by atoms with E-state index in [-0.39, 0.29) is 5.91 Å². The number of rotatable bonds is 5. The Balaban J connectivity index is 1.49. The van der Waals surface area contributed by atoms with Crippen molar-refractivity contribution in [2.75, 3.05) is 5.73 Å². The fourth-order valence-corrected chi connectivity index (χ4v) is 3.44. The molecule has 4 aromatic rings. The molecule has 0 aliphatic carbocycles. The normalized spacial score (nSPS) is 11.0. The van der Waals surface area contributed by atoms with Gasteiger partial charge in [-0.15, -0.1) is 0 Å². The summed E-state index contributed by atoms with van der Waals surface area (Å²) in [4.78, 5) is 24.7. The van der Waals surface area contributed by atoms with Crippen molar-refractivity contribution in [2.24, 2.45) is 0 Å². The lowest BCUT2D eigenvalue weighted by Gasteiger charge is -2.14. The molecule has 0 bridgehead atoms. The van der Waals surface area contributed by atoms with Crippen LogP contribution in [0.15, 0.2) is 49.4 Å². The minimum atomic E-state index is -0.172. The molecule has 0 aliphatic rings. The van der Waals surface area contributed by atoms with Crippen LogP contribution in [-0.4, -0.2) is 30.6 Å². The highest BCUT2D eigenvalue weighted by Gasteiger charge is 2.13. The molecular formula is C21H21N7O. The number of anilines is 1. The Morgan fingerprint density at radius 3 is 2.76 bits per heavy atom. The van der Waals surface area contributed by atoms with Crippen LogP contribution in [0.1, 0.15) is 32.6 Å². The van der Waals surface area contributed by atoms with Gasteiger partial charge in [0, 0.05) is 42.3 Å². The number of amides is 1. The summed E-state index contributed by atoms with van der Waals surface area (Å²) in [6.45, 7) is 4.98. The minimum Gasteiger partial charge on any atom is -0.383 e. The summed E-state index contributed by atoms with van der Waals surface area (Å²) in [5, 5.41) is 9.22. The van der Waals surface area contributed by atoms with Crippen molar-refractivity contribution in [1.29, 1.82) is 0 Å². The maximum absolute atomic E-state index is 12.6. The predicted octanol–water partition coefficient (Wildman–Crippen LogP) is 2.40. The van der Waals surface area contributed by atoms with Gasteiger partial charge in [0.05, 0.1) is 18.3 Å². The molecule has 0 radical (unpaired) electrons. The Bertz CT molecular complexity index is 1180. The van der Waals surface area contributed by atoms with Gasteiger partial charge in [-0.2, -0.15) is 5.10 Å². The van der Waals surface area contributed by atoms with Crippen LogP contribution in [-0.2, 0) is 13.1 Å².